The van der Waals surface area contributed by atoms with Crippen molar-refractivity contribution in [3.8, 4) is 0 Å². The van der Waals surface area contributed by atoms with Gasteiger partial charge in [0.25, 0.3) is 22.6 Å². The molecule has 0 unspecified atom stereocenters. The van der Waals surface area contributed by atoms with Gasteiger partial charge in [0.05, 0.1) is 5.69 Å². The van der Waals surface area contributed by atoms with Crippen LogP contribution in [-0.2, 0) is 25.5 Å². The standard InChI is InChI=1S/C23H15ClN2O3S/c24-17-11-13-18(14-12-17)26-19(27)22(15-7-3-1-4-8-15)23(20(26)28,29-21(30)25-22)16-9-5-2-6-10-16/h1-14H,(H,25,30)/t22-,23+/m0/s1. The lowest BCUT2D eigenvalue weighted by Crippen LogP contribution is -2.55. The lowest BCUT2D eigenvalue weighted by Gasteiger charge is -2.33. The van der Waals surface area contributed by atoms with Gasteiger partial charge in [-0.15, -0.1) is 0 Å². The maximum Gasteiger partial charge on any atom is 0.286 e. The van der Waals surface area contributed by atoms with Gasteiger partial charge >= 0.3 is 0 Å². The van der Waals surface area contributed by atoms with Crippen molar-refractivity contribution in [3.63, 3.8) is 0 Å². The molecule has 3 aromatic rings. The van der Waals surface area contributed by atoms with E-state index in [1.54, 1.807) is 60.7 Å². The predicted molar refractivity (Wildman–Crippen MR) is 117 cm³/mol. The molecule has 5 rings (SSSR count). The van der Waals surface area contributed by atoms with Crippen LogP contribution in [0.1, 0.15) is 11.1 Å². The van der Waals surface area contributed by atoms with E-state index >= 15 is 0 Å². The fourth-order valence-corrected chi connectivity index (χ4v) is 4.70. The number of nitrogens with one attached hydrogen (secondary N) is 1. The summed E-state index contributed by atoms with van der Waals surface area (Å²) in [5.41, 5.74) is -1.68. The number of carbonyl (C=O) groups is 2. The Kier molecular flexibility index (Phi) is 4.17. The molecule has 0 saturated carbocycles. The van der Waals surface area contributed by atoms with E-state index in [2.05, 4.69) is 5.32 Å². The first-order valence-electron chi connectivity index (χ1n) is 9.27. The first kappa shape index (κ1) is 18.8. The number of rotatable bonds is 3. The Labute approximate surface area is 183 Å². The third-order valence-corrected chi connectivity index (χ3v) is 6.00. The maximum absolute atomic E-state index is 14.0. The van der Waals surface area contributed by atoms with Gasteiger partial charge in [0, 0.05) is 10.6 Å². The first-order valence-corrected chi connectivity index (χ1v) is 10.1. The molecular formula is C23H15ClN2O3S. The summed E-state index contributed by atoms with van der Waals surface area (Å²) in [4.78, 5) is 29.1. The zero-order valence-corrected chi connectivity index (χ0v) is 17.1. The van der Waals surface area contributed by atoms with E-state index in [4.69, 9.17) is 28.6 Å². The molecule has 2 aliphatic heterocycles. The van der Waals surface area contributed by atoms with Crippen molar-refractivity contribution in [2.75, 3.05) is 4.90 Å². The van der Waals surface area contributed by atoms with Crippen LogP contribution in [0.25, 0.3) is 0 Å². The predicted octanol–water partition coefficient (Wildman–Crippen LogP) is 3.91. The summed E-state index contributed by atoms with van der Waals surface area (Å²) in [7, 11) is 0. The van der Waals surface area contributed by atoms with E-state index < -0.39 is 23.0 Å². The van der Waals surface area contributed by atoms with Gasteiger partial charge in [0.1, 0.15) is 0 Å². The van der Waals surface area contributed by atoms with Crippen molar-refractivity contribution >= 4 is 46.5 Å². The molecule has 1 N–H and O–H groups in total. The third-order valence-electron chi connectivity index (χ3n) is 5.56. The van der Waals surface area contributed by atoms with E-state index in [9.17, 15) is 9.59 Å². The highest BCUT2D eigenvalue weighted by Crippen LogP contribution is 2.55. The number of anilines is 1. The van der Waals surface area contributed by atoms with Crippen LogP contribution in [0.3, 0.4) is 0 Å². The van der Waals surface area contributed by atoms with Gasteiger partial charge in [-0.25, -0.2) is 4.90 Å². The fourth-order valence-electron chi connectivity index (χ4n) is 4.29. The van der Waals surface area contributed by atoms with Gasteiger partial charge in [-0.3, -0.25) is 9.59 Å². The molecule has 0 radical (unpaired) electrons. The minimum Gasteiger partial charge on any atom is -0.446 e. The lowest BCUT2D eigenvalue weighted by molar-refractivity contribution is -0.135. The van der Waals surface area contributed by atoms with Gasteiger partial charge in [0.2, 0.25) is 0 Å². The van der Waals surface area contributed by atoms with Crippen molar-refractivity contribution in [1.82, 2.24) is 5.32 Å². The molecule has 2 atom stereocenters. The summed E-state index contributed by atoms with van der Waals surface area (Å²) < 4.78 is 6.06. The van der Waals surface area contributed by atoms with Crippen LogP contribution in [0.15, 0.2) is 84.9 Å². The van der Waals surface area contributed by atoms with Gasteiger partial charge in [0.15, 0.2) is 5.54 Å². The highest BCUT2D eigenvalue weighted by Gasteiger charge is 2.77. The Morgan fingerprint density at radius 2 is 1.37 bits per heavy atom. The summed E-state index contributed by atoms with van der Waals surface area (Å²) >= 11 is 11.3. The molecule has 2 amide bonds. The number of imide groups is 1. The van der Waals surface area contributed by atoms with E-state index in [0.717, 1.165) is 4.90 Å². The fraction of sp³-hybridized carbons (Fsp3) is 0.0870. The number of thiocarbonyl (C=S) groups is 1. The molecule has 0 aliphatic carbocycles. The molecule has 2 aliphatic rings. The van der Waals surface area contributed by atoms with Gasteiger partial charge in [-0.1, -0.05) is 72.3 Å². The molecule has 5 nitrogen and oxygen atoms in total. The average molecular weight is 435 g/mol. The summed E-state index contributed by atoms with van der Waals surface area (Å²) in [6.45, 7) is 0. The number of nitrogens with zero attached hydrogens (tertiary/aromatic N) is 1. The van der Waals surface area contributed by atoms with Crippen molar-refractivity contribution in [2.45, 2.75) is 11.1 Å². The van der Waals surface area contributed by atoms with Crippen molar-refractivity contribution in [1.29, 1.82) is 0 Å². The topological polar surface area (TPSA) is 58.6 Å². The SMILES string of the molecule is O=C1N(c2ccc(Cl)cc2)C(=O)[C@@]2(c3ccccc3)OC(=S)N[C@@]12c1ccccc1. The number of ether oxygens (including phenoxy) is 1. The third kappa shape index (κ3) is 2.32. The lowest BCUT2D eigenvalue weighted by atomic mass is 9.73. The largest absolute Gasteiger partial charge is 0.446 e. The minimum atomic E-state index is -1.68. The van der Waals surface area contributed by atoms with Gasteiger partial charge in [-0.05, 0) is 42.0 Å². The van der Waals surface area contributed by atoms with Gasteiger partial charge in [-0.2, -0.15) is 0 Å². The monoisotopic (exact) mass is 434 g/mol. The number of carbonyl (C=O) groups excluding carboxylic acids is 2. The molecule has 148 valence electrons. The van der Waals surface area contributed by atoms with Crippen LogP contribution in [0.5, 0.6) is 0 Å². The van der Waals surface area contributed by atoms with E-state index in [-0.39, 0.29) is 5.17 Å². The number of hydrogen-bond donors (Lipinski definition) is 1. The highest BCUT2D eigenvalue weighted by atomic mass is 35.5. The van der Waals surface area contributed by atoms with Crippen LogP contribution in [0.4, 0.5) is 5.69 Å². The maximum atomic E-state index is 14.0. The zero-order valence-electron chi connectivity index (χ0n) is 15.5. The summed E-state index contributed by atoms with van der Waals surface area (Å²) in [5, 5.41) is 3.55. The number of benzene rings is 3. The Morgan fingerprint density at radius 1 is 0.800 bits per heavy atom. The molecule has 0 spiro atoms. The number of hydrogen-bond acceptors (Lipinski definition) is 4. The minimum absolute atomic E-state index is 0.000150. The molecule has 0 bridgehead atoms. The normalized spacial score (nSPS) is 25.1. The molecule has 2 saturated heterocycles. The first-order chi connectivity index (χ1) is 14.5. The summed E-state index contributed by atoms with van der Waals surface area (Å²) in [5.74, 6) is -0.984. The zero-order chi connectivity index (χ0) is 20.9. The summed E-state index contributed by atoms with van der Waals surface area (Å²) in [6.07, 6.45) is 0. The molecule has 2 heterocycles. The molecular weight excluding hydrogens is 420 g/mol. The number of fused-ring (bicyclic) bond motifs is 1. The highest BCUT2D eigenvalue weighted by molar-refractivity contribution is 7.80. The van der Waals surface area contributed by atoms with E-state index in [1.165, 1.54) is 0 Å². The number of halogens is 1. The smallest absolute Gasteiger partial charge is 0.286 e. The van der Waals surface area contributed by atoms with Crippen molar-refractivity contribution in [2.24, 2.45) is 0 Å². The van der Waals surface area contributed by atoms with E-state index in [1.807, 2.05) is 24.3 Å². The van der Waals surface area contributed by atoms with Crippen molar-refractivity contribution < 1.29 is 14.3 Å². The van der Waals surface area contributed by atoms with Crippen LogP contribution in [0.2, 0.25) is 5.02 Å². The molecule has 0 aromatic heterocycles. The Balaban J connectivity index is 1.82. The van der Waals surface area contributed by atoms with Crippen LogP contribution in [0, 0.1) is 0 Å². The second-order valence-corrected chi connectivity index (χ2v) is 7.91. The molecule has 30 heavy (non-hydrogen) atoms. The Hall–Kier alpha value is -3.22. The van der Waals surface area contributed by atoms with Gasteiger partial charge < -0.3 is 10.1 Å². The molecule has 7 heteroatoms. The van der Waals surface area contributed by atoms with Crippen molar-refractivity contribution in [3.05, 3.63) is 101 Å². The Morgan fingerprint density at radius 3 is 1.97 bits per heavy atom. The average Bonchev–Trinajstić information content (AvgIpc) is 3.19. The number of amides is 2. The van der Waals surface area contributed by atoms with E-state index in [0.29, 0.717) is 21.8 Å². The van der Waals surface area contributed by atoms with Crippen LogP contribution >= 0.6 is 23.8 Å². The molecule has 3 aromatic carbocycles. The van der Waals surface area contributed by atoms with Crippen LogP contribution < -0.4 is 10.2 Å². The second kappa shape index (κ2) is 6.65. The quantitative estimate of drug-likeness (QED) is 0.500. The molecule has 2 fully saturated rings. The van der Waals surface area contributed by atoms with Crippen LogP contribution in [-0.4, -0.2) is 17.0 Å². The Bertz CT molecular complexity index is 1100. The summed E-state index contributed by atoms with van der Waals surface area (Å²) in [6, 6.07) is 24.6. The second-order valence-electron chi connectivity index (χ2n) is 7.10.